The predicted molar refractivity (Wildman–Crippen MR) is 93.7 cm³/mol. The molecule has 2 rings (SSSR count). The molecular formula is C15H17NO2S3. The van der Waals surface area contributed by atoms with E-state index in [0.29, 0.717) is 5.01 Å². The van der Waals surface area contributed by atoms with Crippen LogP contribution in [0.5, 0.6) is 0 Å². The first-order chi connectivity index (χ1) is 9.70. The molecule has 0 saturated carbocycles. The van der Waals surface area contributed by atoms with E-state index in [2.05, 4.69) is 57.1 Å². The maximum atomic E-state index is 11.7. The fraction of sp³-hybridized carbons (Fsp3) is 0.400. The quantitative estimate of drug-likeness (QED) is 0.828. The van der Waals surface area contributed by atoms with E-state index in [0.717, 1.165) is 10.2 Å². The van der Waals surface area contributed by atoms with Crippen LogP contribution >= 0.6 is 36.6 Å². The molecule has 1 aromatic heterocycles. The third kappa shape index (κ3) is 3.67. The molecule has 0 spiro atoms. The van der Waals surface area contributed by atoms with Crippen molar-refractivity contribution in [3.05, 3.63) is 28.8 Å². The molecule has 1 atom stereocenters. The first kappa shape index (κ1) is 16.5. The second kappa shape index (κ2) is 6.10. The molecule has 1 aromatic carbocycles. The highest BCUT2D eigenvalue weighted by Gasteiger charge is 2.26. The van der Waals surface area contributed by atoms with E-state index in [4.69, 9.17) is 0 Å². The van der Waals surface area contributed by atoms with E-state index >= 15 is 0 Å². The number of benzene rings is 1. The molecule has 0 bridgehead atoms. The smallest absolute Gasteiger partial charge is 0.196 e. The maximum Gasteiger partial charge on any atom is 0.196 e. The van der Waals surface area contributed by atoms with Gasteiger partial charge in [0.25, 0.3) is 0 Å². The monoisotopic (exact) mass is 339 g/mol. The van der Waals surface area contributed by atoms with Gasteiger partial charge in [-0.15, -0.1) is 36.6 Å². The molecular weight excluding hydrogens is 322 g/mol. The topological polar surface area (TPSA) is 47.0 Å². The van der Waals surface area contributed by atoms with Crippen molar-refractivity contribution in [2.24, 2.45) is 0 Å². The molecule has 2 aromatic rings. The molecule has 1 heterocycles. The normalized spacial score (nSPS) is 13.4. The first-order valence-corrected chi connectivity index (χ1v) is 8.26. The van der Waals surface area contributed by atoms with Crippen molar-refractivity contribution in [2.75, 3.05) is 0 Å². The molecule has 0 aliphatic carbocycles. The van der Waals surface area contributed by atoms with Gasteiger partial charge in [0.05, 0.1) is 16.1 Å². The van der Waals surface area contributed by atoms with Crippen molar-refractivity contribution in [1.29, 1.82) is 0 Å². The average molecular weight is 340 g/mol. The minimum absolute atomic E-state index is 0.0108. The first-order valence-electron chi connectivity index (χ1n) is 6.54. The fourth-order valence-corrected chi connectivity index (χ4v) is 4.03. The molecule has 21 heavy (non-hydrogen) atoms. The summed E-state index contributed by atoms with van der Waals surface area (Å²) in [4.78, 5) is 27.4. The van der Waals surface area contributed by atoms with Crippen molar-refractivity contribution < 1.29 is 9.59 Å². The number of carbonyl (C=O) groups is 2. The standard InChI is InChI=1S/C15H17NO2S3/c1-15(2,3)9-5-4-6-10-12(9)21-13(16-10)8(14(18)20)7-11(17)19/h4-6,8H,7H2,1-3H3,(H,17,19)(H,18,20). The Kier molecular flexibility index (Phi) is 4.80. The van der Waals surface area contributed by atoms with Gasteiger partial charge in [0.15, 0.2) is 10.2 Å². The number of rotatable bonds is 4. The summed E-state index contributed by atoms with van der Waals surface area (Å²) in [6.45, 7) is 6.42. The number of hydrogen-bond donors (Lipinski definition) is 2. The predicted octanol–water partition coefficient (Wildman–Crippen LogP) is 3.98. The van der Waals surface area contributed by atoms with Crippen LogP contribution in [0.2, 0.25) is 0 Å². The summed E-state index contributed by atoms with van der Waals surface area (Å²) in [5.41, 5.74) is 2.03. The number of nitrogens with zero attached hydrogens (tertiary/aromatic N) is 1. The molecule has 0 amide bonds. The van der Waals surface area contributed by atoms with Gasteiger partial charge in [-0.3, -0.25) is 9.59 Å². The number of aromatic nitrogens is 1. The SMILES string of the molecule is CC(C)(C)c1cccc2nc(C(CC(=O)S)C(=O)S)sc12. The lowest BCUT2D eigenvalue weighted by atomic mass is 9.87. The summed E-state index contributed by atoms with van der Waals surface area (Å²) >= 11 is 9.11. The van der Waals surface area contributed by atoms with Crippen LogP contribution in [0.15, 0.2) is 18.2 Å². The zero-order valence-corrected chi connectivity index (χ0v) is 14.7. The van der Waals surface area contributed by atoms with Gasteiger partial charge in [-0.25, -0.2) is 4.98 Å². The zero-order chi connectivity index (χ0) is 15.8. The summed E-state index contributed by atoms with van der Waals surface area (Å²) in [5.74, 6) is -0.622. The number of hydrogen-bond acceptors (Lipinski definition) is 4. The summed E-state index contributed by atoms with van der Waals surface area (Å²) in [6, 6.07) is 5.96. The lowest BCUT2D eigenvalue weighted by Crippen LogP contribution is -2.10. The molecule has 1 unspecified atom stereocenters. The number of fused-ring (bicyclic) bond motifs is 1. The Morgan fingerprint density at radius 3 is 2.48 bits per heavy atom. The van der Waals surface area contributed by atoms with Crippen LogP contribution in [0.4, 0.5) is 0 Å². The Bertz CT molecular complexity index is 700. The Balaban J connectivity index is 2.56. The summed E-state index contributed by atoms with van der Waals surface area (Å²) in [7, 11) is 0. The summed E-state index contributed by atoms with van der Waals surface area (Å²) < 4.78 is 1.06. The summed E-state index contributed by atoms with van der Waals surface area (Å²) in [6.07, 6.45) is 0.0239. The highest BCUT2D eigenvalue weighted by molar-refractivity contribution is 7.97. The lowest BCUT2D eigenvalue weighted by Gasteiger charge is -2.19. The van der Waals surface area contributed by atoms with E-state index in [9.17, 15) is 9.59 Å². The highest BCUT2D eigenvalue weighted by Crippen LogP contribution is 2.37. The van der Waals surface area contributed by atoms with Gasteiger partial charge in [-0.05, 0) is 17.0 Å². The van der Waals surface area contributed by atoms with Crippen LogP contribution in [0, 0.1) is 0 Å². The van der Waals surface area contributed by atoms with Crippen molar-refractivity contribution in [3.63, 3.8) is 0 Å². The second-order valence-electron chi connectivity index (χ2n) is 5.94. The Hall–Kier alpha value is -0.850. The Morgan fingerprint density at radius 2 is 1.95 bits per heavy atom. The number of thiol groups is 2. The van der Waals surface area contributed by atoms with E-state index in [1.165, 1.54) is 16.9 Å². The van der Waals surface area contributed by atoms with Gasteiger partial charge in [-0.2, -0.15) is 0 Å². The van der Waals surface area contributed by atoms with Gasteiger partial charge in [-0.1, -0.05) is 32.9 Å². The highest BCUT2D eigenvalue weighted by atomic mass is 32.1. The van der Waals surface area contributed by atoms with Crippen LogP contribution in [-0.2, 0) is 15.0 Å². The minimum Gasteiger partial charge on any atom is -0.287 e. The molecule has 112 valence electrons. The van der Waals surface area contributed by atoms with E-state index < -0.39 is 5.92 Å². The van der Waals surface area contributed by atoms with Gasteiger partial charge < -0.3 is 0 Å². The van der Waals surface area contributed by atoms with Crippen LogP contribution in [-0.4, -0.2) is 15.2 Å². The van der Waals surface area contributed by atoms with Gasteiger partial charge in [0, 0.05) is 6.42 Å². The molecule has 6 heteroatoms. The van der Waals surface area contributed by atoms with E-state index in [1.807, 2.05) is 12.1 Å². The second-order valence-corrected chi connectivity index (χ2v) is 7.91. The zero-order valence-electron chi connectivity index (χ0n) is 12.1. The number of thiazole rings is 1. The lowest BCUT2D eigenvalue weighted by molar-refractivity contribution is -0.116. The largest absolute Gasteiger partial charge is 0.287 e. The molecule has 0 radical (unpaired) electrons. The molecule has 0 saturated heterocycles. The third-order valence-corrected chi connectivity index (χ3v) is 4.93. The number of carbonyl (C=O) groups excluding carboxylic acids is 2. The van der Waals surface area contributed by atoms with Crippen molar-refractivity contribution >= 4 is 57.0 Å². The Labute approximate surface area is 139 Å². The van der Waals surface area contributed by atoms with Gasteiger partial charge >= 0.3 is 0 Å². The fourth-order valence-electron chi connectivity index (χ4n) is 2.16. The molecule has 0 aliphatic heterocycles. The van der Waals surface area contributed by atoms with Crippen molar-refractivity contribution in [2.45, 2.75) is 38.5 Å². The average Bonchev–Trinajstić information content (AvgIpc) is 2.76. The molecule has 3 nitrogen and oxygen atoms in total. The third-order valence-electron chi connectivity index (χ3n) is 3.21. The van der Waals surface area contributed by atoms with E-state index in [1.54, 1.807) is 0 Å². The Morgan fingerprint density at radius 1 is 1.29 bits per heavy atom. The van der Waals surface area contributed by atoms with Crippen LogP contribution < -0.4 is 0 Å². The summed E-state index contributed by atoms with van der Waals surface area (Å²) in [5, 5.41) is -0.0597. The van der Waals surface area contributed by atoms with Crippen LogP contribution in [0.25, 0.3) is 10.2 Å². The van der Waals surface area contributed by atoms with Crippen molar-refractivity contribution in [3.8, 4) is 0 Å². The van der Waals surface area contributed by atoms with Gasteiger partial charge in [0.2, 0.25) is 0 Å². The van der Waals surface area contributed by atoms with Gasteiger partial charge in [0.1, 0.15) is 5.01 Å². The minimum atomic E-state index is -0.622. The van der Waals surface area contributed by atoms with Crippen molar-refractivity contribution in [1.82, 2.24) is 4.98 Å². The molecule has 0 aliphatic rings. The van der Waals surface area contributed by atoms with Crippen LogP contribution in [0.1, 0.15) is 43.7 Å². The van der Waals surface area contributed by atoms with E-state index in [-0.39, 0.29) is 22.1 Å². The van der Waals surface area contributed by atoms with Crippen LogP contribution in [0.3, 0.4) is 0 Å². The maximum absolute atomic E-state index is 11.7. The molecule has 0 N–H and O–H groups in total. The molecule has 0 fully saturated rings.